The monoisotopic (exact) mass is 574 g/mol. The Kier molecular flexibility index (Phi) is 6.65. The molecule has 0 aliphatic heterocycles. The van der Waals surface area contributed by atoms with Crippen LogP contribution in [0, 0.1) is 16.3 Å². The van der Waals surface area contributed by atoms with Crippen LogP contribution in [0.5, 0.6) is 5.75 Å². The molecule has 2 N–H and O–H groups in total. The number of hydrogen-bond acceptors (Lipinski definition) is 3. The number of benzene rings is 2. The first-order valence-electron chi connectivity index (χ1n) is 10.4. The summed E-state index contributed by atoms with van der Waals surface area (Å²) in [5, 5.41) is 1.63. The number of nitrogens with two attached hydrogens (primary N) is 1. The summed E-state index contributed by atoms with van der Waals surface area (Å²) >= 11 is 1.63. The topological polar surface area (TPSA) is 48.1 Å². The Labute approximate surface area is 204 Å². The van der Waals surface area contributed by atoms with Crippen molar-refractivity contribution in [2.24, 2.45) is 0 Å². The van der Waals surface area contributed by atoms with E-state index in [1.54, 1.807) is 55.5 Å². The molecule has 0 unspecified atom stereocenters. The van der Waals surface area contributed by atoms with Crippen molar-refractivity contribution in [1.82, 2.24) is 4.98 Å². The highest BCUT2D eigenvalue weighted by molar-refractivity contribution is 14.1. The third kappa shape index (κ3) is 5.20. The van der Waals surface area contributed by atoms with Crippen LogP contribution in [0.15, 0.2) is 30.3 Å². The van der Waals surface area contributed by atoms with Crippen molar-refractivity contribution in [2.45, 2.75) is 58.5 Å². The van der Waals surface area contributed by atoms with E-state index in [1.165, 1.54) is 12.1 Å². The van der Waals surface area contributed by atoms with Crippen molar-refractivity contribution >= 4 is 39.2 Å². The van der Waals surface area contributed by atoms with E-state index in [0.29, 0.717) is 11.3 Å². The van der Waals surface area contributed by atoms with Gasteiger partial charge in [0, 0.05) is 8.99 Å². The summed E-state index contributed by atoms with van der Waals surface area (Å²) in [5.74, 6) is 0.234. The molecular weight excluding hydrogens is 547 g/mol. The molecule has 3 aromatic rings. The van der Waals surface area contributed by atoms with Gasteiger partial charge in [0.05, 0.1) is 17.9 Å². The molecule has 1 heterocycles. The third-order valence-electron chi connectivity index (χ3n) is 5.61. The molecule has 2 aromatic carbocycles. The van der Waals surface area contributed by atoms with Crippen molar-refractivity contribution in [1.29, 1.82) is 0 Å². The normalized spacial score (nSPS) is 12.9. The summed E-state index contributed by atoms with van der Waals surface area (Å²) in [4.78, 5) is 4.04. The van der Waals surface area contributed by atoms with Gasteiger partial charge < -0.3 is 10.5 Å². The molecule has 0 spiro atoms. The fourth-order valence-electron chi connectivity index (χ4n) is 3.89. The lowest BCUT2D eigenvalue weighted by molar-refractivity contribution is -0.139. The first kappa shape index (κ1) is 25.5. The van der Waals surface area contributed by atoms with Crippen molar-refractivity contribution < 1.29 is 22.3 Å². The van der Waals surface area contributed by atoms with Crippen molar-refractivity contribution in [2.75, 3.05) is 12.3 Å². The Bertz CT molecular complexity index is 1210. The second-order valence-corrected chi connectivity index (χ2v) is 11.1. The standard InChI is InChI=1S/C25H27F4IN2O/c1-13-17(26)8-7-14-9-15(10-16(20(13)14)23(2,3)4)33-12-24(5,6)22-21(25(27,28)29)18(30)11-19(31)32-22/h7-11H,12H2,1-6H3,(H2,31,32). The first-order chi connectivity index (χ1) is 15.0. The van der Waals surface area contributed by atoms with Gasteiger partial charge in [-0.2, -0.15) is 13.2 Å². The fourth-order valence-corrected chi connectivity index (χ4v) is 4.77. The molecule has 8 heteroatoms. The van der Waals surface area contributed by atoms with Crippen LogP contribution in [0.25, 0.3) is 10.8 Å². The van der Waals surface area contributed by atoms with Crippen LogP contribution in [0.1, 0.15) is 57.0 Å². The molecule has 0 aliphatic rings. The van der Waals surface area contributed by atoms with E-state index in [-0.39, 0.29) is 32.9 Å². The zero-order valence-corrected chi connectivity index (χ0v) is 21.6. The molecular formula is C25H27F4IN2O. The number of nitrogen functional groups attached to an aromatic ring is 1. The highest BCUT2D eigenvalue weighted by Gasteiger charge is 2.41. The molecule has 0 atom stereocenters. The van der Waals surface area contributed by atoms with Gasteiger partial charge in [-0.1, -0.05) is 40.7 Å². The highest BCUT2D eigenvalue weighted by atomic mass is 127. The molecule has 0 aliphatic carbocycles. The number of halogens is 5. The number of aromatic nitrogens is 1. The van der Waals surface area contributed by atoms with E-state index in [2.05, 4.69) is 4.98 Å². The minimum Gasteiger partial charge on any atom is -0.493 e. The second kappa shape index (κ2) is 8.60. The third-order valence-corrected chi connectivity index (χ3v) is 6.46. The Hall–Kier alpha value is -2.10. The predicted octanol–water partition coefficient (Wildman–Crippen LogP) is 7.54. The zero-order valence-electron chi connectivity index (χ0n) is 19.4. The fraction of sp³-hybridized carbons (Fsp3) is 0.400. The molecule has 3 rings (SSSR count). The van der Waals surface area contributed by atoms with Crippen LogP contribution < -0.4 is 10.5 Å². The van der Waals surface area contributed by atoms with Gasteiger partial charge in [0.2, 0.25) is 0 Å². The van der Waals surface area contributed by atoms with E-state index in [0.717, 1.165) is 16.3 Å². The lowest BCUT2D eigenvalue weighted by atomic mass is 9.82. The van der Waals surface area contributed by atoms with Crippen LogP contribution in [-0.4, -0.2) is 11.6 Å². The van der Waals surface area contributed by atoms with Gasteiger partial charge in [-0.25, -0.2) is 9.37 Å². The second-order valence-electron chi connectivity index (χ2n) is 9.91. The molecule has 0 bridgehead atoms. The lowest BCUT2D eigenvalue weighted by Gasteiger charge is -2.29. The SMILES string of the molecule is Cc1c(F)ccc2cc(OCC(C)(C)c3nc(N)cc(I)c3C(F)(F)F)cc(C(C)(C)C)c12. The van der Waals surface area contributed by atoms with Gasteiger partial charge >= 0.3 is 6.18 Å². The van der Waals surface area contributed by atoms with Crippen molar-refractivity contribution in [3.63, 3.8) is 0 Å². The molecule has 3 nitrogen and oxygen atoms in total. The molecule has 0 fully saturated rings. The smallest absolute Gasteiger partial charge is 0.419 e. The van der Waals surface area contributed by atoms with E-state index >= 15 is 0 Å². The van der Waals surface area contributed by atoms with Crippen LogP contribution >= 0.6 is 22.6 Å². The van der Waals surface area contributed by atoms with Crippen LogP contribution in [0.3, 0.4) is 0 Å². The van der Waals surface area contributed by atoms with E-state index < -0.39 is 17.2 Å². The van der Waals surface area contributed by atoms with Crippen molar-refractivity contribution in [3.8, 4) is 5.75 Å². The van der Waals surface area contributed by atoms with E-state index in [1.807, 2.05) is 26.8 Å². The van der Waals surface area contributed by atoms with E-state index in [9.17, 15) is 17.6 Å². The molecule has 33 heavy (non-hydrogen) atoms. The maximum atomic E-state index is 14.3. The minimum atomic E-state index is -4.58. The number of aryl methyl sites for hydroxylation is 1. The van der Waals surface area contributed by atoms with Gasteiger partial charge in [0.15, 0.2) is 0 Å². The summed E-state index contributed by atoms with van der Waals surface area (Å²) in [6.07, 6.45) is -4.58. The summed E-state index contributed by atoms with van der Waals surface area (Å²) in [5.41, 5.74) is 4.88. The number of nitrogens with zero attached hydrogens (tertiary/aromatic N) is 1. The Morgan fingerprint density at radius 3 is 2.24 bits per heavy atom. The average molecular weight is 574 g/mol. The summed E-state index contributed by atoms with van der Waals surface area (Å²) in [7, 11) is 0. The maximum Gasteiger partial charge on any atom is 0.419 e. The molecule has 0 amide bonds. The largest absolute Gasteiger partial charge is 0.493 e. The predicted molar refractivity (Wildman–Crippen MR) is 132 cm³/mol. The Morgan fingerprint density at radius 1 is 1.03 bits per heavy atom. The van der Waals surface area contributed by atoms with Gasteiger partial charge in [0.25, 0.3) is 0 Å². The molecule has 0 radical (unpaired) electrons. The maximum absolute atomic E-state index is 14.3. The van der Waals surface area contributed by atoms with Gasteiger partial charge in [-0.15, -0.1) is 0 Å². The average Bonchev–Trinajstić information content (AvgIpc) is 2.66. The summed E-state index contributed by atoms with van der Waals surface area (Å²) in [6, 6.07) is 7.94. The number of fused-ring (bicyclic) bond motifs is 1. The number of pyridine rings is 1. The quantitative estimate of drug-likeness (QED) is 0.259. The van der Waals surface area contributed by atoms with Crippen molar-refractivity contribution in [3.05, 3.63) is 62.1 Å². The number of anilines is 1. The van der Waals surface area contributed by atoms with Crippen LogP contribution in [-0.2, 0) is 17.0 Å². The minimum absolute atomic E-state index is 0.00565. The lowest BCUT2D eigenvalue weighted by Crippen LogP contribution is -2.32. The van der Waals surface area contributed by atoms with Crippen LogP contribution in [0.4, 0.5) is 23.4 Å². The number of hydrogen-bond donors (Lipinski definition) is 1. The van der Waals surface area contributed by atoms with Gasteiger partial charge in [-0.3, -0.25) is 0 Å². The zero-order chi connectivity index (χ0) is 24.9. The van der Waals surface area contributed by atoms with E-state index in [4.69, 9.17) is 10.5 Å². The van der Waals surface area contributed by atoms with Crippen LogP contribution in [0.2, 0.25) is 0 Å². The molecule has 0 saturated heterocycles. The Balaban J connectivity index is 2.06. The number of ether oxygens (including phenoxy) is 1. The van der Waals surface area contributed by atoms with Gasteiger partial charge in [-0.05, 0) is 81.1 Å². The summed E-state index contributed by atoms with van der Waals surface area (Å²) < 4.78 is 61.7. The van der Waals surface area contributed by atoms with Gasteiger partial charge in [0.1, 0.15) is 17.4 Å². The number of rotatable bonds is 4. The Morgan fingerprint density at radius 2 is 1.67 bits per heavy atom. The molecule has 1 aromatic heterocycles. The highest BCUT2D eigenvalue weighted by Crippen LogP contribution is 2.41. The molecule has 178 valence electrons. The first-order valence-corrected chi connectivity index (χ1v) is 11.5. The number of alkyl halides is 3. The molecule has 0 saturated carbocycles. The summed E-state index contributed by atoms with van der Waals surface area (Å²) in [6.45, 7) is 11.0.